The molecule has 41 heavy (non-hydrogen) atoms. The fourth-order valence-electron chi connectivity index (χ4n) is 5.61. The van der Waals surface area contributed by atoms with Crippen molar-refractivity contribution in [2.45, 2.75) is 31.9 Å². The fourth-order valence-corrected chi connectivity index (χ4v) is 5.61. The zero-order chi connectivity index (χ0) is 28.3. The number of benzene rings is 4. The van der Waals surface area contributed by atoms with Gasteiger partial charge < -0.3 is 18.9 Å². The first-order chi connectivity index (χ1) is 20.1. The standard InChI is InChI=1S/C34H31NO6/c1-3-35(4-2)30(41-34(37)32-24-15-7-11-19-28(24)40-29-20-12-8-16-25(29)32)21-38-33(36)31-22-13-5-9-17-26(22)39-27-18-10-6-14-23(27)31/h5-20,30-32H,3-4,21H2,1-2H3. The lowest BCUT2D eigenvalue weighted by molar-refractivity contribution is -0.172. The molecule has 7 nitrogen and oxygen atoms in total. The highest BCUT2D eigenvalue weighted by Crippen LogP contribution is 2.46. The minimum atomic E-state index is -0.769. The van der Waals surface area contributed by atoms with Gasteiger partial charge in [0.2, 0.25) is 0 Å². The summed E-state index contributed by atoms with van der Waals surface area (Å²) in [5.41, 5.74) is 2.95. The Kier molecular flexibility index (Phi) is 7.44. The number of ether oxygens (including phenoxy) is 4. The van der Waals surface area contributed by atoms with E-state index in [-0.39, 0.29) is 6.61 Å². The molecule has 2 aliphatic heterocycles. The average Bonchev–Trinajstić information content (AvgIpc) is 3.01. The van der Waals surface area contributed by atoms with E-state index in [9.17, 15) is 9.59 Å². The fraction of sp³-hybridized carbons (Fsp3) is 0.235. The quantitative estimate of drug-likeness (QED) is 0.181. The third-order valence-corrected chi connectivity index (χ3v) is 7.67. The molecule has 0 bridgehead atoms. The maximum absolute atomic E-state index is 13.9. The zero-order valence-electron chi connectivity index (χ0n) is 23.0. The van der Waals surface area contributed by atoms with Crippen molar-refractivity contribution in [3.05, 3.63) is 119 Å². The van der Waals surface area contributed by atoms with Crippen LogP contribution in [0.25, 0.3) is 0 Å². The summed E-state index contributed by atoms with van der Waals surface area (Å²) in [6, 6.07) is 29.9. The van der Waals surface area contributed by atoms with Gasteiger partial charge in [-0.3, -0.25) is 14.5 Å². The van der Waals surface area contributed by atoms with E-state index in [2.05, 4.69) is 0 Å². The van der Waals surface area contributed by atoms with Gasteiger partial charge in [-0.05, 0) is 37.4 Å². The van der Waals surface area contributed by atoms with E-state index in [1.165, 1.54) is 0 Å². The molecule has 6 rings (SSSR count). The van der Waals surface area contributed by atoms with Gasteiger partial charge in [0.25, 0.3) is 0 Å². The SMILES string of the molecule is CCN(CC)C(COC(=O)C1c2ccccc2Oc2ccccc21)OC(=O)C1c2ccccc2Oc2ccccc21. The lowest BCUT2D eigenvalue weighted by Gasteiger charge is -2.33. The lowest BCUT2D eigenvalue weighted by Crippen LogP contribution is -2.43. The Morgan fingerprint density at radius 1 is 0.634 bits per heavy atom. The topological polar surface area (TPSA) is 74.3 Å². The number of hydrogen-bond donors (Lipinski definition) is 0. The summed E-state index contributed by atoms with van der Waals surface area (Å²) < 4.78 is 24.2. The van der Waals surface area contributed by atoms with Gasteiger partial charge in [0.1, 0.15) is 41.4 Å². The van der Waals surface area contributed by atoms with Crippen LogP contribution in [0.4, 0.5) is 0 Å². The van der Waals surface area contributed by atoms with E-state index in [1.54, 1.807) is 0 Å². The van der Waals surface area contributed by atoms with Crippen molar-refractivity contribution in [3.8, 4) is 23.0 Å². The molecule has 7 heteroatoms. The van der Waals surface area contributed by atoms with Gasteiger partial charge >= 0.3 is 11.9 Å². The first-order valence-corrected chi connectivity index (χ1v) is 13.9. The van der Waals surface area contributed by atoms with E-state index in [0.29, 0.717) is 36.1 Å². The van der Waals surface area contributed by atoms with E-state index >= 15 is 0 Å². The highest BCUT2D eigenvalue weighted by molar-refractivity contribution is 5.86. The Labute approximate surface area is 239 Å². The first-order valence-electron chi connectivity index (χ1n) is 13.9. The monoisotopic (exact) mass is 549 g/mol. The summed E-state index contributed by atoms with van der Waals surface area (Å²) in [6.45, 7) is 5.07. The summed E-state index contributed by atoms with van der Waals surface area (Å²) in [7, 11) is 0. The number of fused-ring (bicyclic) bond motifs is 4. The summed E-state index contributed by atoms with van der Waals surface area (Å²) in [5, 5.41) is 0. The molecular weight excluding hydrogens is 518 g/mol. The van der Waals surface area contributed by atoms with Crippen LogP contribution in [0.15, 0.2) is 97.1 Å². The predicted molar refractivity (Wildman–Crippen MR) is 153 cm³/mol. The molecule has 0 aromatic heterocycles. The molecule has 0 aliphatic carbocycles. The van der Waals surface area contributed by atoms with Crippen molar-refractivity contribution in [3.63, 3.8) is 0 Å². The van der Waals surface area contributed by atoms with E-state index in [0.717, 1.165) is 22.3 Å². The minimum Gasteiger partial charge on any atom is -0.460 e. The molecule has 2 aliphatic rings. The van der Waals surface area contributed by atoms with Gasteiger partial charge in [0.15, 0.2) is 6.23 Å². The molecule has 0 N–H and O–H groups in total. The normalized spacial score (nSPS) is 14.4. The van der Waals surface area contributed by atoms with Crippen molar-refractivity contribution in [1.29, 1.82) is 0 Å². The third-order valence-electron chi connectivity index (χ3n) is 7.67. The van der Waals surface area contributed by atoms with Crippen LogP contribution in [0.2, 0.25) is 0 Å². The molecule has 0 saturated heterocycles. The predicted octanol–water partition coefficient (Wildman–Crippen LogP) is 6.62. The van der Waals surface area contributed by atoms with Crippen LogP contribution < -0.4 is 9.47 Å². The number of hydrogen-bond acceptors (Lipinski definition) is 7. The van der Waals surface area contributed by atoms with Gasteiger partial charge in [-0.15, -0.1) is 0 Å². The smallest absolute Gasteiger partial charge is 0.319 e. The van der Waals surface area contributed by atoms with Gasteiger partial charge in [0, 0.05) is 22.3 Å². The van der Waals surface area contributed by atoms with Crippen molar-refractivity contribution in [2.24, 2.45) is 0 Å². The first kappa shape index (κ1) is 26.6. The molecular formula is C34H31NO6. The molecule has 1 atom stereocenters. The molecule has 4 aromatic rings. The largest absolute Gasteiger partial charge is 0.460 e. The Hall–Kier alpha value is -4.62. The number of para-hydroxylation sites is 4. The maximum Gasteiger partial charge on any atom is 0.319 e. The summed E-state index contributed by atoms with van der Waals surface area (Å²) in [6.07, 6.45) is -0.769. The van der Waals surface area contributed by atoms with Crippen molar-refractivity contribution in [1.82, 2.24) is 4.90 Å². The second-order valence-corrected chi connectivity index (χ2v) is 9.96. The Balaban J connectivity index is 1.26. The van der Waals surface area contributed by atoms with Crippen LogP contribution in [0, 0.1) is 0 Å². The maximum atomic E-state index is 13.9. The second kappa shape index (κ2) is 11.5. The number of likely N-dealkylation sites (N-methyl/N-ethyl adjacent to an activating group) is 1. The van der Waals surface area contributed by atoms with Crippen LogP contribution in [-0.2, 0) is 19.1 Å². The molecule has 4 aromatic carbocycles. The second-order valence-electron chi connectivity index (χ2n) is 9.96. The van der Waals surface area contributed by atoms with Crippen LogP contribution >= 0.6 is 0 Å². The number of carbonyl (C=O) groups excluding carboxylic acids is 2. The highest BCUT2D eigenvalue weighted by Gasteiger charge is 2.37. The van der Waals surface area contributed by atoms with E-state index < -0.39 is 30.0 Å². The number of carbonyl (C=O) groups is 2. The minimum absolute atomic E-state index is 0.111. The van der Waals surface area contributed by atoms with E-state index in [4.69, 9.17) is 18.9 Å². The average molecular weight is 550 g/mol. The van der Waals surface area contributed by atoms with Crippen LogP contribution in [0.5, 0.6) is 23.0 Å². The zero-order valence-corrected chi connectivity index (χ0v) is 23.0. The Bertz CT molecular complexity index is 1490. The van der Waals surface area contributed by atoms with Crippen molar-refractivity contribution >= 4 is 11.9 Å². The molecule has 0 saturated carbocycles. The molecule has 0 amide bonds. The van der Waals surface area contributed by atoms with Crippen LogP contribution in [-0.4, -0.2) is 42.8 Å². The molecule has 208 valence electrons. The number of esters is 2. The third kappa shape index (κ3) is 5.05. The summed E-state index contributed by atoms with van der Waals surface area (Å²) in [4.78, 5) is 29.5. The van der Waals surface area contributed by atoms with Gasteiger partial charge in [-0.25, -0.2) is 0 Å². The Morgan fingerprint density at radius 2 is 1.00 bits per heavy atom. The lowest BCUT2D eigenvalue weighted by atomic mass is 9.88. The van der Waals surface area contributed by atoms with Gasteiger partial charge in [-0.1, -0.05) is 86.6 Å². The van der Waals surface area contributed by atoms with Crippen LogP contribution in [0.1, 0.15) is 47.9 Å². The van der Waals surface area contributed by atoms with Crippen molar-refractivity contribution < 1.29 is 28.5 Å². The van der Waals surface area contributed by atoms with Crippen LogP contribution in [0.3, 0.4) is 0 Å². The number of rotatable bonds is 8. The molecule has 0 radical (unpaired) electrons. The summed E-state index contributed by atoms with van der Waals surface area (Å²) in [5.74, 6) is 0.309. The molecule has 0 spiro atoms. The van der Waals surface area contributed by atoms with Gasteiger partial charge in [0.05, 0.1) is 0 Å². The molecule has 0 fully saturated rings. The van der Waals surface area contributed by atoms with Crippen molar-refractivity contribution in [2.75, 3.05) is 19.7 Å². The van der Waals surface area contributed by atoms with E-state index in [1.807, 2.05) is 116 Å². The number of nitrogens with zero attached hydrogens (tertiary/aromatic N) is 1. The highest BCUT2D eigenvalue weighted by atomic mass is 16.6. The van der Waals surface area contributed by atoms with Gasteiger partial charge in [-0.2, -0.15) is 0 Å². The Morgan fingerprint density at radius 3 is 1.39 bits per heavy atom. The molecule has 2 heterocycles. The molecule has 1 unspecified atom stereocenters. The summed E-state index contributed by atoms with van der Waals surface area (Å²) >= 11 is 0.